The standard InChI is InChI=1S/C25H29N3O5/c1-3-4-7-14-33-19-11-10-16(15-20(19)32-2)24-21-22(17-8-5-6-9-18(17)30)26-27-23(21)25(31)28(24)12-13-29/h5-6,8-11,15,24,29-30H,3-4,7,12-14H2,1-2H3,(H,26,27)/t24-/m0/s1. The molecule has 2 aromatic carbocycles. The molecule has 0 bridgehead atoms. The van der Waals surface area contributed by atoms with Gasteiger partial charge in [-0.2, -0.15) is 5.10 Å². The number of methoxy groups -OCH3 is 1. The molecule has 1 atom stereocenters. The Bertz CT molecular complexity index is 1130. The van der Waals surface area contributed by atoms with Crippen LogP contribution in [-0.4, -0.2) is 58.1 Å². The number of benzene rings is 2. The van der Waals surface area contributed by atoms with Crippen molar-refractivity contribution in [2.24, 2.45) is 0 Å². The Morgan fingerprint density at radius 3 is 2.70 bits per heavy atom. The van der Waals surface area contributed by atoms with Gasteiger partial charge >= 0.3 is 0 Å². The second-order valence-corrected chi connectivity index (χ2v) is 7.97. The van der Waals surface area contributed by atoms with Crippen molar-refractivity contribution < 1.29 is 24.5 Å². The molecule has 4 rings (SSSR count). The van der Waals surface area contributed by atoms with Crippen LogP contribution >= 0.6 is 0 Å². The fourth-order valence-corrected chi connectivity index (χ4v) is 4.27. The maximum Gasteiger partial charge on any atom is 0.273 e. The number of nitrogens with zero attached hydrogens (tertiary/aromatic N) is 2. The molecule has 33 heavy (non-hydrogen) atoms. The Morgan fingerprint density at radius 1 is 1.15 bits per heavy atom. The summed E-state index contributed by atoms with van der Waals surface area (Å²) >= 11 is 0. The number of aromatic hydroxyl groups is 1. The third-order valence-corrected chi connectivity index (χ3v) is 5.87. The van der Waals surface area contributed by atoms with Gasteiger partial charge in [-0.25, -0.2) is 0 Å². The minimum atomic E-state index is -0.504. The first kappa shape index (κ1) is 22.7. The van der Waals surface area contributed by atoms with E-state index in [0.29, 0.717) is 40.6 Å². The van der Waals surface area contributed by atoms with Gasteiger partial charge in [0.2, 0.25) is 0 Å². The van der Waals surface area contributed by atoms with Gasteiger partial charge in [0.15, 0.2) is 11.5 Å². The predicted octanol–water partition coefficient (Wildman–Crippen LogP) is 3.90. The Kier molecular flexibility index (Phi) is 6.84. The number of aliphatic hydroxyl groups is 1. The van der Waals surface area contributed by atoms with E-state index >= 15 is 0 Å². The number of β-amino-alcohol motifs (C(OH)–C–C–N with tert-alkyl or cyclic N) is 1. The van der Waals surface area contributed by atoms with Crippen LogP contribution in [-0.2, 0) is 0 Å². The highest BCUT2D eigenvalue weighted by molar-refractivity contribution is 6.00. The summed E-state index contributed by atoms with van der Waals surface area (Å²) in [4.78, 5) is 14.7. The number of aliphatic hydroxyl groups excluding tert-OH is 1. The summed E-state index contributed by atoms with van der Waals surface area (Å²) in [7, 11) is 1.58. The van der Waals surface area contributed by atoms with Crippen LogP contribution in [0.25, 0.3) is 11.3 Å². The van der Waals surface area contributed by atoms with Crippen molar-refractivity contribution >= 4 is 5.91 Å². The molecule has 1 amide bonds. The predicted molar refractivity (Wildman–Crippen MR) is 124 cm³/mol. The van der Waals surface area contributed by atoms with E-state index in [1.807, 2.05) is 18.2 Å². The van der Waals surface area contributed by atoms with Gasteiger partial charge in [0.1, 0.15) is 17.1 Å². The Balaban J connectivity index is 1.76. The van der Waals surface area contributed by atoms with E-state index in [2.05, 4.69) is 17.1 Å². The fraction of sp³-hybridized carbons (Fsp3) is 0.360. The lowest BCUT2D eigenvalue weighted by atomic mass is 9.95. The number of amides is 1. The lowest BCUT2D eigenvalue weighted by Crippen LogP contribution is -2.32. The average Bonchev–Trinajstić information content (AvgIpc) is 3.37. The molecule has 3 N–H and O–H groups in total. The summed E-state index contributed by atoms with van der Waals surface area (Å²) in [5.41, 5.74) is 2.84. The number of nitrogens with one attached hydrogen (secondary N) is 1. The SMILES string of the molecule is CCCCCOc1ccc([C@H]2c3c(-c4ccccc4O)n[nH]c3C(=O)N2CCO)cc1OC. The summed E-state index contributed by atoms with van der Waals surface area (Å²) < 4.78 is 11.5. The van der Waals surface area contributed by atoms with Crippen molar-refractivity contribution in [3.05, 3.63) is 59.3 Å². The highest BCUT2D eigenvalue weighted by Gasteiger charge is 2.42. The van der Waals surface area contributed by atoms with Crippen LogP contribution in [0.15, 0.2) is 42.5 Å². The molecule has 1 aliphatic rings. The molecular weight excluding hydrogens is 422 g/mol. The molecule has 8 heteroatoms. The van der Waals surface area contributed by atoms with Crippen LogP contribution in [0.5, 0.6) is 17.2 Å². The van der Waals surface area contributed by atoms with Gasteiger partial charge in [-0.1, -0.05) is 38.0 Å². The number of aromatic amines is 1. The van der Waals surface area contributed by atoms with Crippen molar-refractivity contribution in [1.29, 1.82) is 0 Å². The quantitative estimate of drug-likeness (QED) is 0.404. The second kappa shape index (κ2) is 9.95. The highest BCUT2D eigenvalue weighted by atomic mass is 16.5. The maximum atomic E-state index is 13.1. The zero-order chi connectivity index (χ0) is 23.4. The smallest absolute Gasteiger partial charge is 0.273 e. The summed E-state index contributed by atoms with van der Waals surface area (Å²) in [6.45, 7) is 2.72. The number of H-pyrrole nitrogens is 1. The van der Waals surface area contributed by atoms with Gasteiger partial charge in [0.05, 0.1) is 26.4 Å². The molecule has 0 fully saturated rings. The third kappa shape index (κ3) is 4.26. The van der Waals surface area contributed by atoms with E-state index in [0.717, 1.165) is 24.8 Å². The van der Waals surface area contributed by atoms with Gasteiger partial charge in [-0.15, -0.1) is 0 Å². The molecule has 0 spiro atoms. The molecule has 0 radical (unpaired) electrons. The zero-order valence-corrected chi connectivity index (χ0v) is 18.9. The normalized spacial score (nSPS) is 15.1. The van der Waals surface area contributed by atoms with Crippen LogP contribution in [0.2, 0.25) is 0 Å². The van der Waals surface area contributed by atoms with Crippen molar-refractivity contribution in [2.75, 3.05) is 26.9 Å². The van der Waals surface area contributed by atoms with E-state index in [1.165, 1.54) is 0 Å². The van der Waals surface area contributed by atoms with Crippen LogP contribution in [0.4, 0.5) is 0 Å². The summed E-state index contributed by atoms with van der Waals surface area (Å²) in [5.74, 6) is 1.04. The van der Waals surface area contributed by atoms with E-state index in [9.17, 15) is 15.0 Å². The molecule has 0 unspecified atom stereocenters. The highest BCUT2D eigenvalue weighted by Crippen LogP contribution is 2.45. The number of hydrogen-bond donors (Lipinski definition) is 3. The first-order valence-corrected chi connectivity index (χ1v) is 11.2. The van der Waals surface area contributed by atoms with E-state index in [4.69, 9.17) is 9.47 Å². The number of carbonyl (C=O) groups is 1. The molecule has 1 aromatic heterocycles. The van der Waals surface area contributed by atoms with Gasteiger partial charge in [0.25, 0.3) is 5.91 Å². The average molecular weight is 452 g/mol. The first-order chi connectivity index (χ1) is 16.1. The number of fused-ring (bicyclic) bond motifs is 1. The molecule has 0 saturated carbocycles. The molecular formula is C25H29N3O5. The molecule has 2 heterocycles. The third-order valence-electron chi connectivity index (χ3n) is 5.87. The summed E-state index contributed by atoms with van der Waals surface area (Å²) in [5, 5.41) is 27.2. The molecule has 8 nitrogen and oxygen atoms in total. The Hall–Kier alpha value is -3.52. The fourth-order valence-electron chi connectivity index (χ4n) is 4.27. The molecule has 0 aliphatic carbocycles. The number of rotatable bonds is 10. The number of unbranched alkanes of at least 4 members (excludes halogenated alkanes) is 2. The van der Waals surface area contributed by atoms with E-state index < -0.39 is 6.04 Å². The number of para-hydroxylation sites is 1. The number of phenols is 1. The van der Waals surface area contributed by atoms with Crippen LogP contribution in [0.3, 0.4) is 0 Å². The van der Waals surface area contributed by atoms with Gasteiger partial charge < -0.3 is 24.6 Å². The van der Waals surface area contributed by atoms with Crippen molar-refractivity contribution in [1.82, 2.24) is 15.1 Å². The summed E-state index contributed by atoms with van der Waals surface area (Å²) in [6, 6.07) is 12.0. The van der Waals surface area contributed by atoms with Crippen LogP contribution in [0, 0.1) is 0 Å². The molecule has 174 valence electrons. The zero-order valence-electron chi connectivity index (χ0n) is 18.9. The van der Waals surface area contributed by atoms with Gasteiger partial charge in [0, 0.05) is 17.7 Å². The van der Waals surface area contributed by atoms with Crippen LogP contribution in [0.1, 0.15) is 53.8 Å². The number of ether oxygens (including phenoxy) is 2. The monoisotopic (exact) mass is 451 g/mol. The van der Waals surface area contributed by atoms with Gasteiger partial charge in [-0.05, 0) is 36.2 Å². The van der Waals surface area contributed by atoms with Crippen molar-refractivity contribution in [3.8, 4) is 28.5 Å². The molecule has 0 saturated heterocycles. The van der Waals surface area contributed by atoms with E-state index in [1.54, 1.807) is 36.3 Å². The van der Waals surface area contributed by atoms with E-state index in [-0.39, 0.29) is 24.8 Å². The lowest BCUT2D eigenvalue weighted by Gasteiger charge is -2.26. The number of hydrogen-bond acceptors (Lipinski definition) is 6. The Morgan fingerprint density at radius 2 is 1.97 bits per heavy atom. The maximum absolute atomic E-state index is 13.1. The largest absolute Gasteiger partial charge is 0.507 e. The number of phenolic OH excluding ortho intramolecular Hbond substituents is 1. The van der Waals surface area contributed by atoms with Gasteiger partial charge in [-0.3, -0.25) is 9.89 Å². The molecule has 3 aromatic rings. The summed E-state index contributed by atoms with van der Waals surface area (Å²) in [6.07, 6.45) is 3.17. The number of aromatic nitrogens is 2. The van der Waals surface area contributed by atoms with Crippen LogP contribution < -0.4 is 9.47 Å². The second-order valence-electron chi connectivity index (χ2n) is 7.97. The first-order valence-electron chi connectivity index (χ1n) is 11.2. The minimum absolute atomic E-state index is 0.0759. The topological polar surface area (TPSA) is 108 Å². The van der Waals surface area contributed by atoms with Crippen molar-refractivity contribution in [3.63, 3.8) is 0 Å². The minimum Gasteiger partial charge on any atom is -0.507 e. The molecule has 1 aliphatic heterocycles. The Labute approximate surface area is 192 Å². The van der Waals surface area contributed by atoms with Crippen molar-refractivity contribution in [2.45, 2.75) is 32.2 Å². The number of carbonyl (C=O) groups excluding carboxylic acids is 1. The lowest BCUT2D eigenvalue weighted by molar-refractivity contribution is 0.0706.